The highest BCUT2D eigenvalue weighted by molar-refractivity contribution is 6.10. The Morgan fingerprint density at radius 1 is 1.06 bits per heavy atom. The van der Waals surface area contributed by atoms with E-state index >= 15 is 0 Å². The van der Waals surface area contributed by atoms with Crippen LogP contribution in [0.3, 0.4) is 0 Å². The van der Waals surface area contributed by atoms with E-state index in [-0.39, 0.29) is 30.5 Å². The Morgan fingerprint density at radius 3 is 2.60 bits per heavy atom. The lowest BCUT2D eigenvalue weighted by molar-refractivity contribution is -0.122. The Balaban J connectivity index is 1.21. The van der Waals surface area contributed by atoms with Crippen molar-refractivity contribution < 1.29 is 23.7 Å². The van der Waals surface area contributed by atoms with E-state index in [1.54, 1.807) is 34.1 Å². The molecule has 3 heterocycles. The third-order valence-electron chi connectivity index (χ3n) is 6.42. The van der Waals surface area contributed by atoms with Crippen LogP contribution in [0.5, 0.6) is 0 Å². The third-order valence-corrected chi connectivity index (χ3v) is 6.42. The molecule has 1 saturated heterocycles. The van der Waals surface area contributed by atoms with E-state index in [2.05, 4.69) is 16.0 Å². The molecular formula is C25H23N5O5. The standard InChI is InChI=1S/C25H23N5O5/c1-25-13-11-22(32)30(25)19-10-6-5-9-17(19)24(34)29(25)14-12-21(31)26-27-23(33)18-15-20(35-28-18)16-7-3-2-4-8-16/h2-10,15H,11-14H2,1H3,(H,26,31)(H,27,33)/t25-/m1/s1. The van der Waals surface area contributed by atoms with Crippen molar-refractivity contribution in [3.8, 4) is 11.3 Å². The fourth-order valence-corrected chi connectivity index (χ4v) is 4.63. The van der Waals surface area contributed by atoms with Crippen molar-refractivity contribution >= 4 is 29.3 Å². The van der Waals surface area contributed by atoms with E-state index in [4.69, 9.17) is 4.52 Å². The van der Waals surface area contributed by atoms with Crippen LogP contribution < -0.4 is 15.8 Å². The molecule has 0 saturated carbocycles. The predicted octanol–water partition coefficient (Wildman–Crippen LogP) is 2.49. The number of hydrazine groups is 1. The molecule has 0 radical (unpaired) electrons. The highest BCUT2D eigenvalue weighted by Gasteiger charge is 2.52. The predicted molar refractivity (Wildman–Crippen MR) is 125 cm³/mol. The van der Waals surface area contributed by atoms with E-state index in [0.717, 1.165) is 5.56 Å². The highest BCUT2D eigenvalue weighted by Crippen LogP contribution is 2.43. The summed E-state index contributed by atoms with van der Waals surface area (Å²) < 4.78 is 5.21. The summed E-state index contributed by atoms with van der Waals surface area (Å²) in [4.78, 5) is 53.9. The largest absolute Gasteiger partial charge is 0.355 e. The lowest BCUT2D eigenvalue weighted by atomic mass is 9.98. The molecule has 0 unspecified atom stereocenters. The maximum atomic E-state index is 13.2. The van der Waals surface area contributed by atoms with Gasteiger partial charge in [0.05, 0.1) is 11.3 Å². The number of carbonyl (C=O) groups is 4. The molecule has 10 heteroatoms. The number of para-hydroxylation sites is 1. The van der Waals surface area contributed by atoms with Gasteiger partial charge in [-0.05, 0) is 25.5 Å². The Kier molecular flexibility index (Phi) is 5.56. The van der Waals surface area contributed by atoms with Crippen molar-refractivity contribution in [1.29, 1.82) is 0 Å². The maximum Gasteiger partial charge on any atom is 0.291 e. The number of nitrogens with one attached hydrogen (secondary N) is 2. The molecule has 1 fully saturated rings. The topological polar surface area (TPSA) is 125 Å². The van der Waals surface area contributed by atoms with Crippen LogP contribution in [0.4, 0.5) is 5.69 Å². The first-order valence-corrected chi connectivity index (χ1v) is 11.2. The molecule has 178 valence electrons. The maximum absolute atomic E-state index is 13.2. The second-order valence-corrected chi connectivity index (χ2v) is 8.61. The fraction of sp³-hybridized carbons (Fsp3) is 0.240. The van der Waals surface area contributed by atoms with Gasteiger partial charge in [-0.3, -0.25) is 34.9 Å². The van der Waals surface area contributed by atoms with Crippen LogP contribution in [0.1, 0.15) is 47.0 Å². The lowest BCUT2D eigenvalue weighted by Crippen LogP contribution is -2.62. The molecule has 2 aliphatic heterocycles. The minimum absolute atomic E-state index is 0.0135. The van der Waals surface area contributed by atoms with Crippen molar-refractivity contribution in [2.24, 2.45) is 0 Å². The first-order chi connectivity index (χ1) is 16.9. The van der Waals surface area contributed by atoms with Gasteiger partial charge in [-0.15, -0.1) is 0 Å². The van der Waals surface area contributed by atoms with E-state index in [0.29, 0.717) is 29.9 Å². The van der Waals surface area contributed by atoms with Gasteiger partial charge in [-0.1, -0.05) is 47.6 Å². The molecule has 2 N–H and O–H groups in total. The summed E-state index contributed by atoms with van der Waals surface area (Å²) in [5.41, 5.74) is 5.61. The Morgan fingerprint density at radius 2 is 1.80 bits per heavy atom. The van der Waals surface area contributed by atoms with Crippen molar-refractivity contribution in [1.82, 2.24) is 20.9 Å². The average molecular weight is 473 g/mol. The molecule has 4 amide bonds. The van der Waals surface area contributed by atoms with Gasteiger partial charge in [-0.25, -0.2) is 0 Å². The molecule has 10 nitrogen and oxygen atoms in total. The number of anilines is 1. The van der Waals surface area contributed by atoms with Crippen molar-refractivity contribution in [3.63, 3.8) is 0 Å². The van der Waals surface area contributed by atoms with Crippen LogP contribution in [-0.4, -0.2) is 45.9 Å². The number of amides is 4. The van der Waals surface area contributed by atoms with Crippen molar-refractivity contribution in [3.05, 3.63) is 71.9 Å². The van der Waals surface area contributed by atoms with E-state index in [9.17, 15) is 19.2 Å². The number of carbonyl (C=O) groups excluding carboxylic acids is 4. The number of hydrogen-bond donors (Lipinski definition) is 2. The molecule has 2 aromatic carbocycles. The molecular weight excluding hydrogens is 450 g/mol. The fourth-order valence-electron chi connectivity index (χ4n) is 4.63. The minimum atomic E-state index is -0.847. The number of hydrogen-bond acceptors (Lipinski definition) is 6. The molecule has 0 aliphatic carbocycles. The zero-order valence-electron chi connectivity index (χ0n) is 19.0. The van der Waals surface area contributed by atoms with Crippen LogP contribution >= 0.6 is 0 Å². The summed E-state index contributed by atoms with van der Waals surface area (Å²) in [7, 11) is 0. The summed E-state index contributed by atoms with van der Waals surface area (Å²) in [6, 6.07) is 17.6. The number of nitrogens with zero attached hydrogens (tertiary/aromatic N) is 3. The number of rotatable bonds is 5. The first-order valence-electron chi connectivity index (χ1n) is 11.2. The van der Waals surface area contributed by atoms with E-state index < -0.39 is 17.5 Å². The Bertz CT molecular complexity index is 1320. The van der Waals surface area contributed by atoms with Crippen molar-refractivity contribution in [2.75, 3.05) is 11.4 Å². The second kappa shape index (κ2) is 8.71. The van der Waals surface area contributed by atoms with Crippen LogP contribution in [0.2, 0.25) is 0 Å². The summed E-state index contributed by atoms with van der Waals surface area (Å²) in [6.07, 6.45) is 0.722. The van der Waals surface area contributed by atoms with Gasteiger partial charge in [0.1, 0.15) is 5.66 Å². The molecule has 35 heavy (non-hydrogen) atoms. The molecule has 1 aromatic heterocycles. The third kappa shape index (κ3) is 3.92. The van der Waals surface area contributed by atoms with Crippen molar-refractivity contribution in [2.45, 2.75) is 31.8 Å². The SMILES string of the molecule is C[C@]12CCC(=O)N1c1ccccc1C(=O)N2CCC(=O)NNC(=O)c1cc(-c2ccccc2)on1. The van der Waals surface area contributed by atoms with Gasteiger partial charge in [0.15, 0.2) is 11.5 Å². The number of aromatic nitrogens is 1. The van der Waals surface area contributed by atoms with Gasteiger partial charge in [0, 0.05) is 31.0 Å². The molecule has 1 atom stereocenters. The van der Waals surface area contributed by atoms with Gasteiger partial charge in [0.2, 0.25) is 11.8 Å². The minimum Gasteiger partial charge on any atom is -0.355 e. The zero-order valence-corrected chi connectivity index (χ0v) is 19.0. The molecule has 0 bridgehead atoms. The monoisotopic (exact) mass is 473 g/mol. The lowest BCUT2D eigenvalue weighted by Gasteiger charge is -2.48. The quantitative estimate of drug-likeness (QED) is 0.549. The summed E-state index contributed by atoms with van der Waals surface area (Å²) in [5.74, 6) is -0.989. The Labute approximate surface area is 200 Å². The molecule has 2 aliphatic rings. The first kappa shape index (κ1) is 22.3. The number of benzene rings is 2. The zero-order chi connectivity index (χ0) is 24.6. The second-order valence-electron chi connectivity index (χ2n) is 8.61. The van der Waals surface area contributed by atoms with Gasteiger partial charge in [0.25, 0.3) is 11.8 Å². The summed E-state index contributed by atoms with van der Waals surface area (Å²) in [5, 5.41) is 3.74. The van der Waals surface area contributed by atoms with E-state index in [1.165, 1.54) is 6.07 Å². The summed E-state index contributed by atoms with van der Waals surface area (Å²) >= 11 is 0. The normalized spacial score (nSPS) is 18.8. The molecule has 3 aromatic rings. The average Bonchev–Trinajstić information content (AvgIpc) is 3.48. The van der Waals surface area contributed by atoms with Crippen LogP contribution in [0.25, 0.3) is 11.3 Å². The van der Waals surface area contributed by atoms with Gasteiger partial charge in [-0.2, -0.15) is 0 Å². The van der Waals surface area contributed by atoms with Crippen LogP contribution in [-0.2, 0) is 9.59 Å². The smallest absolute Gasteiger partial charge is 0.291 e. The number of fused-ring (bicyclic) bond motifs is 3. The molecule has 0 spiro atoms. The Hall–Kier alpha value is -4.47. The van der Waals surface area contributed by atoms with Gasteiger partial charge >= 0.3 is 0 Å². The van der Waals surface area contributed by atoms with Gasteiger partial charge < -0.3 is 9.42 Å². The highest BCUT2D eigenvalue weighted by atomic mass is 16.5. The summed E-state index contributed by atoms with van der Waals surface area (Å²) in [6.45, 7) is 1.91. The van der Waals surface area contributed by atoms with Crippen LogP contribution in [0, 0.1) is 0 Å². The van der Waals surface area contributed by atoms with Crippen LogP contribution in [0.15, 0.2) is 65.2 Å². The molecule has 5 rings (SSSR count). The van der Waals surface area contributed by atoms with E-state index in [1.807, 2.05) is 37.3 Å².